The second-order valence-electron chi connectivity index (χ2n) is 5.03. The van der Waals surface area contributed by atoms with Gasteiger partial charge in [-0.05, 0) is 37.0 Å². The number of nitrogens with one attached hydrogen (secondary N) is 2. The van der Waals surface area contributed by atoms with E-state index in [2.05, 4.69) is 16.7 Å². The minimum absolute atomic E-state index is 0.00186. The summed E-state index contributed by atoms with van der Waals surface area (Å²) < 4.78 is 13.3. The number of rotatable bonds is 4. The van der Waals surface area contributed by atoms with Gasteiger partial charge < -0.3 is 15.7 Å². The molecule has 1 aliphatic rings. The van der Waals surface area contributed by atoms with Gasteiger partial charge in [0.25, 0.3) is 0 Å². The van der Waals surface area contributed by atoms with E-state index in [4.69, 9.17) is 11.6 Å². The number of aliphatic hydroxyl groups excluding tert-OH is 1. The standard InChI is InChI=1S/C15H18ClFN2O2/c16-12-7-6-10(8-13(12)17)14(20)9-18-15(21)19-11-4-2-1-3-5-11/h1-2,6-8,11,14,20H,3-5,9H2,(H2,18,19,21)/t11-,14-/m1/s1. The predicted molar refractivity (Wildman–Crippen MR) is 79.7 cm³/mol. The minimum atomic E-state index is -0.978. The normalized spacial score (nSPS) is 19.1. The van der Waals surface area contributed by atoms with Crippen LogP contribution in [0, 0.1) is 5.82 Å². The molecule has 1 aromatic rings. The highest BCUT2D eigenvalue weighted by atomic mass is 35.5. The van der Waals surface area contributed by atoms with E-state index in [-0.39, 0.29) is 23.6 Å². The Hall–Kier alpha value is -1.59. The van der Waals surface area contributed by atoms with Crippen LogP contribution in [0.5, 0.6) is 0 Å². The van der Waals surface area contributed by atoms with Gasteiger partial charge in [0.1, 0.15) is 5.82 Å². The molecule has 2 rings (SSSR count). The highest BCUT2D eigenvalue weighted by Gasteiger charge is 2.15. The molecule has 4 nitrogen and oxygen atoms in total. The molecule has 21 heavy (non-hydrogen) atoms. The van der Waals surface area contributed by atoms with Crippen LogP contribution >= 0.6 is 11.6 Å². The maximum absolute atomic E-state index is 13.3. The van der Waals surface area contributed by atoms with E-state index in [0.29, 0.717) is 5.56 Å². The number of carbonyl (C=O) groups is 1. The molecule has 6 heteroatoms. The smallest absolute Gasteiger partial charge is 0.315 e. The van der Waals surface area contributed by atoms with Crippen molar-refractivity contribution in [2.24, 2.45) is 0 Å². The van der Waals surface area contributed by atoms with Crippen LogP contribution in [0.25, 0.3) is 0 Å². The Morgan fingerprint density at radius 2 is 2.29 bits per heavy atom. The van der Waals surface area contributed by atoms with E-state index in [1.165, 1.54) is 18.2 Å². The SMILES string of the molecule is O=C(NC[C@@H](O)c1ccc(Cl)c(F)c1)N[C@@H]1CC=CCC1. The lowest BCUT2D eigenvalue weighted by atomic mass is 10.0. The van der Waals surface area contributed by atoms with Crippen molar-refractivity contribution in [3.63, 3.8) is 0 Å². The summed E-state index contributed by atoms with van der Waals surface area (Å²) in [5, 5.41) is 15.4. The minimum Gasteiger partial charge on any atom is -0.387 e. The molecule has 0 bridgehead atoms. The van der Waals surface area contributed by atoms with Gasteiger partial charge >= 0.3 is 6.03 Å². The van der Waals surface area contributed by atoms with E-state index >= 15 is 0 Å². The zero-order chi connectivity index (χ0) is 15.2. The summed E-state index contributed by atoms with van der Waals surface area (Å²) in [7, 11) is 0. The average Bonchev–Trinajstić information content (AvgIpc) is 2.48. The Kier molecular flexibility index (Phi) is 5.59. The van der Waals surface area contributed by atoms with Gasteiger partial charge in [0.15, 0.2) is 0 Å². The third kappa shape index (κ3) is 4.72. The summed E-state index contributed by atoms with van der Waals surface area (Å²) in [6.07, 6.45) is 5.84. The molecule has 0 fully saturated rings. The Labute approximate surface area is 128 Å². The fourth-order valence-corrected chi connectivity index (χ4v) is 2.31. The summed E-state index contributed by atoms with van der Waals surface area (Å²) in [6, 6.07) is 3.87. The molecule has 0 radical (unpaired) electrons. The first-order chi connectivity index (χ1) is 10.1. The molecule has 2 amide bonds. The summed E-state index contributed by atoms with van der Waals surface area (Å²) in [4.78, 5) is 11.7. The molecule has 114 valence electrons. The molecule has 0 heterocycles. The van der Waals surface area contributed by atoms with Crippen LogP contribution in [-0.4, -0.2) is 23.7 Å². The zero-order valence-electron chi connectivity index (χ0n) is 11.5. The van der Waals surface area contributed by atoms with Gasteiger partial charge in [0, 0.05) is 12.6 Å². The van der Waals surface area contributed by atoms with Crippen LogP contribution in [0.15, 0.2) is 30.4 Å². The van der Waals surface area contributed by atoms with Gasteiger partial charge in [-0.2, -0.15) is 0 Å². The number of allylic oxidation sites excluding steroid dienone is 1. The third-order valence-electron chi connectivity index (χ3n) is 3.39. The van der Waals surface area contributed by atoms with Crippen molar-refractivity contribution < 1.29 is 14.3 Å². The number of aliphatic hydroxyl groups is 1. The van der Waals surface area contributed by atoms with Gasteiger partial charge in [0.05, 0.1) is 11.1 Å². The fraction of sp³-hybridized carbons (Fsp3) is 0.400. The summed E-state index contributed by atoms with van der Waals surface area (Å²) in [6.45, 7) is 0.00939. The lowest BCUT2D eigenvalue weighted by Gasteiger charge is -2.20. The van der Waals surface area contributed by atoms with Crippen LogP contribution < -0.4 is 10.6 Å². The molecule has 2 atom stereocenters. The largest absolute Gasteiger partial charge is 0.387 e. The van der Waals surface area contributed by atoms with Crippen LogP contribution in [-0.2, 0) is 0 Å². The second-order valence-corrected chi connectivity index (χ2v) is 5.43. The molecule has 1 aromatic carbocycles. The van der Waals surface area contributed by atoms with Gasteiger partial charge in [0.2, 0.25) is 0 Å². The molecule has 3 N–H and O–H groups in total. The Morgan fingerprint density at radius 1 is 1.48 bits per heavy atom. The van der Waals surface area contributed by atoms with Crippen molar-refractivity contribution >= 4 is 17.6 Å². The number of benzene rings is 1. The first kappa shape index (κ1) is 15.8. The molecule has 0 aromatic heterocycles. The van der Waals surface area contributed by atoms with Crippen molar-refractivity contribution in [2.45, 2.75) is 31.4 Å². The van der Waals surface area contributed by atoms with Crippen LogP contribution in [0.1, 0.15) is 30.9 Å². The molecule has 0 saturated carbocycles. The van der Waals surface area contributed by atoms with Crippen LogP contribution in [0.3, 0.4) is 0 Å². The van der Waals surface area contributed by atoms with Gasteiger partial charge in [-0.15, -0.1) is 0 Å². The average molecular weight is 313 g/mol. The van der Waals surface area contributed by atoms with Gasteiger partial charge in [-0.3, -0.25) is 0 Å². The van der Waals surface area contributed by atoms with Crippen molar-refractivity contribution in [3.8, 4) is 0 Å². The van der Waals surface area contributed by atoms with E-state index in [9.17, 15) is 14.3 Å². The number of halogens is 2. The summed E-state index contributed by atoms with van der Waals surface area (Å²) in [5.74, 6) is -0.591. The summed E-state index contributed by atoms with van der Waals surface area (Å²) >= 11 is 5.58. The van der Waals surface area contributed by atoms with E-state index in [0.717, 1.165) is 19.3 Å². The van der Waals surface area contributed by atoms with Crippen molar-refractivity contribution in [1.82, 2.24) is 10.6 Å². The summed E-state index contributed by atoms with van der Waals surface area (Å²) in [5.41, 5.74) is 0.373. The highest BCUT2D eigenvalue weighted by molar-refractivity contribution is 6.30. The van der Waals surface area contributed by atoms with Crippen LogP contribution in [0.4, 0.5) is 9.18 Å². The monoisotopic (exact) mass is 312 g/mol. The number of carbonyl (C=O) groups excluding carboxylic acids is 1. The van der Waals surface area contributed by atoms with Crippen LogP contribution in [0.2, 0.25) is 5.02 Å². The van der Waals surface area contributed by atoms with E-state index < -0.39 is 11.9 Å². The molecular weight excluding hydrogens is 295 g/mol. The Bertz CT molecular complexity index is 536. The number of amides is 2. The Balaban J connectivity index is 1.79. The lowest BCUT2D eigenvalue weighted by Crippen LogP contribution is -2.43. The molecule has 0 unspecified atom stereocenters. The maximum atomic E-state index is 13.3. The number of hydrogen-bond donors (Lipinski definition) is 3. The van der Waals surface area contributed by atoms with Gasteiger partial charge in [-0.25, -0.2) is 9.18 Å². The Morgan fingerprint density at radius 3 is 2.95 bits per heavy atom. The van der Waals surface area contributed by atoms with E-state index in [1.807, 2.05) is 6.08 Å². The van der Waals surface area contributed by atoms with Crippen molar-refractivity contribution in [3.05, 3.63) is 46.8 Å². The molecule has 0 spiro atoms. The molecular formula is C15H18ClFN2O2. The van der Waals surface area contributed by atoms with Gasteiger partial charge in [-0.1, -0.05) is 29.8 Å². The molecule has 1 aliphatic carbocycles. The molecule has 0 aliphatic heterocycles. The zero-order valence-corrected chi connectivity index (χ0v) is 12.2. The lowest BCUT2D eigenvalue weighted by molar-refractivity contribution is 0.172. The third-order valence-corrected chi connectivity index (χ3v) is 3.70. The first-order valence-electron chi connectivity index (χ1n) is 6.88. The highest BCUT2D eigenvalue weighted by Crippen LogP contribution is 2.19. The van der Waals surface area contributed by atoms with E-state index in [1.54, 1.807) is 0 Å². The fourth-order valence-electron chi connectivity index (χ4n) is 2.19. The number of urea groups is 1. The quantitative estimate of drug-likeness (QED) is 0.749. The first-order valence-corrected chi connectivity index (χ1v) is 7.26. The number of hydrogen-bond acceptors (Lipinski definition) is 2. The topological polar surface area (TPSA) is 61.4 Å². The predicted octanol–water partition coefficient (Wildman–Crippen LogP) is 2.92. The second kappa shape index (κ2) is 7.43. The van der Waals surface area contributed by atoms with Crippen molar-refractivity contribution in [2.75, 3.05) is 6.54 Å². The van der Waals surface area contributed by atoms with Crippen molar-refractivity contribution in [1.29, 1.82) is 0 Å². The maximum Gasteiger partial charge on any atom is 0.315 e. The molecule has 0 saturated heterocycles.